The molecule has 0 bridgehead atoms. The van der Waals surface area contributed by atoms with E-state index in [1.165, 1.54) is 0 Å². The van der Waals surface area contributed by atoms with E-state index in [1.807, 2.05) is 4.90 Å². The van der Waals surface area contributed by atoms with Gasteiger partial charge in [0.05, 0.1) is 11.5 Å². The molecule has 7 heteroatoms. The van der Waals surface area contributed by atoms with Crippen LogP contribution in [0.5, 0.6) is 0 Å². The molecule has 1 aliphatic carbocycles. The van der Waals surface area contributed by atoms with Crippen molar-refractivity contribution in [2.45, 2.75) is 64.0 Å². The summed E-state index contributed by atoms with van der Waals surface area (Å²) in [5, 5.41) is 0. The van der Waals surface area contributed by atoms with Crippen molar-refractivity contribution in [2.75, 3.05) is 18.1 Å². The summed E-state index contributed by atoms with van der Waals surface area (Å²) in [6.45, 7) is 2.77. The fourth-order valence-corrected chi connectivity index (χ4v) is 5.24. The van der Waals surface area contributed by atoms with Crippen molar-refractivity contribution in [3.63, 3.8) is 0 Å². The van der Waals surface area contributed by atoms with E-state index in [0.717, 1.165) is 38.5 Å². The maximum atomic E-state index is 12.8. The summed E-state index contributed by atoms with van der Waals surface area (Å²) in [6, 6.07) is 0.000219. The van der Waals surface area contributed by atoms with Crippen LogP contribution in [0.1, 0.15) is 51.9 Å². The van der Waals surface area contributed by atoms with Gasteiger partial charge in [0, 0.05) is 24.5 Å². The van der Waals surface area contributed by atoms with Crippen LogP contribution in [0, 0.1) is 5.92 Å². The molecule has 1 saturated heterocycles. The summed E-state index contributed by atoms with van der Waals surface area (Å²) < 4.78 is 23.4. The van der Waals surface area contributed by atoms with Crippen LogP contribution in [0.4, 0.5) is 0 Å². The van der Waals surface area contributed by atoms with E-state index in [2.05, 4.69) is 6.92 Å². The Hall–Kier alpha value is -0.330. The summed E-state index contributed by atoms with van der Waals surface area (Å²) >= 11 is 0. The molecule has 130 valence electrons. The predicted octanol–water partition coefficient (Wildman–Crippen LogP) is 1.74. The highest BCUT2D eigenvalue weighted by molar-refractivity contribution is 7.91. The predicted molar refractivity (Wildman–Crippen MR) is 90.9 cm³/mol. The molecule has 1 heterocycles. The van der Waals surface area contributed by atoms with Gasteiger partial charge in [0.25, 0.3) is 0 Å². The van der Waals surface area contributed by atoms with Crippen molar-refractivity contribution >= 4 is 28.2 Å². The van der Waals surface area contributed by atoms with Gasteiger partial charge >= 0.3 is 0 Å². The Morgan fingerprint density at radius 2 is 2.00 bits per heavy atom. The lowest BCUT2D eigenvalue weighted by molar-refractivity contribution is -0.138. The monoisotopic (exact) mass is 352 g/mol. The third-order valence-electron chi connectivity index (χ3n) is 4.75. The number of sulfone groups is 1. The number of halogens is 1. The van der Waals surface area contributed by atoms with E-state index in [-0.39, 0.29) is 47.8 Å². The van der Waals surface area contributed by atoms with E-state index < -0.39 is 9.84 Å². The first kappa shape index (κ1) is 19.7. The molecule has 3 unspecified atom stereocenters. The second-order valence-electron chi connectivity index (χ2n) is 6.57. The summed E-state index contributed by atoms with van der Waals surface area (Å²) in [7, 11) is -2.96. The molecule has 0 aromatic rings. The normalized spacial score (nSPS) is 30.5. The Morgan fingerprint density at radius 1 is 1.27 bits per heavy atom. The average molecular weight is 353 g/mol. The van der Waals surface area contributed by atoms with Gasteiger partial charge < -0.3 is 10.6 Å². The molecule has 1 amide bonds. The van der Waals surface area contributed by atoms with Gasteiger partial charge in [-0.15, -0.1) is 12.4 Å². The molecule has 5 nitrogen and oxygen atoms in total. The van der Waals surface area contributed by atoms with E-state index in [1.54, 1.807) is 0 Å². The Labute approximate surface area is 140 Å². The SMILES string of the molecule is CCCCN(C(=O)C1CCCC(N)C1)C1CCS(=O)(=O)C1.Cl. The van der Waals surface area contributed by atoms with Gasteiger partial charge in [-0.25, -0.2) is 8.42 Å². The van der Waals surface area contributed by atoms with Crippen LogP contribution >= 0.6 is 12.4 Å². The van der Waals surface area contributed by atoms with Crippen LogP contribution < -0.4 is 5.73 Å². The smallest absolute Gasteiger partial charge is 0.226 e. The highest BCUT2D eigenvalue weighted by Gasteiger charge is 2.37. The first-order valence-electron chi connectivity index (χ1n) is 8.19. The lowest BCUT2D eigenvalue weighted by atomic mass is 9.85. The molecule has 0 aromatic heterocycles. The first-order valence-corrected chi connectivity index (χ1v) is 10.0. The molecule has 2 N–H and O–H groups in total. The number of carbonyl (C=O) groups excluding carboxylic acids is 1. The lowest BCUT2D eigenvalue weighted by Crippen LogP contribution is -2.46. The van der Waals surface area contributed by atoms with Crippen molar-refractivity contribution in [1.29, 1.82) is 0 Å². The van der Waals surface area contributed by atoms with Crippen molar-refractivity contribution in [3.05, 3.63) is 0 Å². The van der Waals surface area contributed by atoms with Crippen molar-refractivity contribution in [1.82, 2.24) is 4.90 Å². The Bertz CT molecular complexity index is 469. The Balaban J connectivity index is 0.00000242. The third kappa shape index (κ3) is 5.10. The van der Waals surface area contributed by atoms with Crippen LogP contribution in [0.15, 0.2) is 0 Å². The molecule has 1 saturated carbocycles. The van der Waals surface area contributed by atoms with Gasteiger partial charge in [-0.1, -0.05) is 19.8 Å². The Kier molecular flexibility index (Phi) is 7.62. The topological polar surface area (TPSA) is 80.5 Å². The summed E-state index contributed by atoms with van der Waals surface area (Å²) in [5.74, 6) is 0.494. The molecule has 1 aliphatic heterocycles. The van der Waals surface area contributed by atoms with Gasteiger partial charge in [0.15, 0.2) is 9.84 Å². The number of hydrogen-bond donors (Lipinski definition) is 1. The van der Waals surface area contributed by atoms with E-state index in [0.29, 0.717) is 13.0 Å². The van der Waals surface area contributed by atoms with Crippen LogP contribution in [0.25, 0.3) is 0 Å². The fourth-order valence-electron chi connectivity index (χ4n) is 3.51. The number of nitrogens with zero attached hydrogens (tertiary/aromatic N) is 1. The Morgan fingerprint density at radius 3 is 2.55 bits per heavy atom. The minimum atomic E-state index is -2.96. The van der Waals surface area contributed by atoms with Gasteiger partial charge in [0.2, 0.25) is 5.91 Å². The zero-order valence-electron chi connectivity index (χ0n) is 13.4. The van der Waals surface area contributed by atoms with Crippen LogP contribution in [0.3, 0.4) is 0 Å². The third-order valence-corrected chi connectivity index (χ3v) is 6.50. The molecule has 0 radical (unpaired) electrons. The van der Waals surface area contributed by atoms with Crippen molar-refractivity contribution in [3.8, 4) is 0 Å². The number of nitrogens with two attached hydrogens (primary N) is 1. The van der Waals surface area contributed by atoms with Gasteiger partial charge in [-0.3, -0.25) is 4.79 Å². The zero-order valence-corrected chi connectivity index (χ0v) is 15.0. The summed E-state index contributed by atoms with van der Waals surface area (Å²) in [4.78, 5) is 14.7. The van der Waals surface area contributed by atoms with Gasteiger partial charge in [-0.2, -0.15) is 0 Å². The highest BCUT2D eigenvalue weighted by atomic mass is 35.5. The minimum absolute atomic E-state index is 0. The molecule has 0 aromatic carbocycles. The number of rotatable bonds is 5. The number of amides is 1. The zero-order chi connectivity index (χ0) is 15.5. The van der Waals surface area contributed by atoms with E-state index in [4.69, 9.17) is 5.73 Å². The molecule has 2 rings (SSSR count). The molecular formula is C15H29ClN2O3S. The minimum Gasteiger partial charge on any atom is -0.338 e. The van der Waals surface area contributed by atoms with E-state index in [9.17, 15) is 13.2 Å². The quantitative estimate of drug-likeness (QED) is 0.817. The van der Waals surface area contributed by atoms with Crippen molar-refractivity contribution in [2.24, 2.45) is 11.7 Å². The molecule has 3 atom stereocenters. The summed E-state index contributed by atoms with van der Waals surface area (Å²) in [6.07, 6.45) is 6.18. The largest absolute Gasteiger partial charge is 0.338 e. The fraction of sp³-hybridized carbons (Fsp3) is 0.933. The first-order chi connectivity index (χ1) is 9.93. The lowest BCUT2D eigenvalue weighted by Gasteiger charge is -2.34. The van der Waals surface area contributed by atoms with E-state index >= 15 is 0 Å². The number of hydrogen-bond acceptors (Lipinski definition) is 4. The van der Waals surface area contributed by atoms with Crippen molar-refractivity contribution < 1.29 is 13.2 Å². The second kappa shape index (κ2) is 8.50. The average Bonchev–Trinajstić information content (AvgIpc) is 2.79. The highest BCUT2D eigenvalue weighted by Crippen LogP contribution is 2.28. The molecule has 2 fully saturated rings. The molecule has 22 heavy (non-hydrogen) atoms. The standard InChI is InChI=1S/C15H28N2O3S.ClH/c1-2-3-8-17(14-7-9-21(19,20)11-14)15(18)12-5-4-6-13(16)10-12;/h12-14H,2-11,16H2,1H3;1H. The molecule has 0 spiro atoms. The second-order valence-corrected chi connectivity index (χ2v) is 8.79. The van der Waals surface area contributed by atoms with Crippen LogP contribution in [-0.2, 0) is 14.6 Å². The molecular weight excluding hydrogens is 324 g/mol. The van der Waals surface area contributed by atoms with Crippen LogP contribution in [-0.4, -0.2) is 49.4 Å². The van der Waals surface area contributed by atoms with Gasteiger partial charge in [-0.05, 0) is 32.1 Å². The maximum Gasteiger partial charge on any atom is 0.226 e. The number of carbonyl (C=O) groups is 1. The van der Waals surface area contributed by atoms with Gasteiger partial charge in [0.1, 0.15) is 0 Å². The number of unbranched alkanes of at least 4 members (excludes halogenated alkanes) is 1. The summed E-state index contributed by atoms with van der Waals surface area (Å²) in [5.41, 5.74) is 5.99. The maximum absolute atomic E-state index is 12.8. The van der Waals surface area contributed by atoms with Crippen LogP contribution in [0.2, 0.25) is 0 Å². The molecule has 2 aliphatic rings.